The van der Waals surface area contributed by atoms with Crippen molar-refractivity contribution in [2.24, 2.45) is 39.1 Å². The fraction of sp³-hybridized carbons (Fsp3) is 0.412. The first kappa shape index (κ1) is 42.6. The van der Waals surface area contributed by atoms with Gasteiger partial charge in [-0.05, 0) is 126 Å². The molecule has 2 aliphatic heterocycles. The molecule has 2 saturated carbocycles. The first-order valence-corrected chi connectivity index (χ1v) is 24.3. The van der Waals surface area contributed by atoms with Crippen LogP contribution in [0.2, 0.25) is 0 Å². The quantitative estimate of drug-likeness (QED) is 0.0753. The molecule has 9 bridgehead atoms. The molecule has 6 aliphatic rings. The molecule has 6 atom stereocenters. The van der Waals surface area contributed by atoms with Crippen molar-refractivity contribution in [2.75, 3.05) is 12.4 Å². The van der Waals surface area contributed by atoms with E-state index in [9.17, 15) is 25.2 Å². The molecule has 322 valence electrons. The number of ether oxygens (including phenoxy) is 1. The van der Waals surface area contributed by atoms with Crippen molar-refractivity contribution < 1.29 is 30.0 Å². The highest BCUT2D eigenvalue weighted by Gasteiger charge is 2.68. The van der Waals surface area contributed by atoms with E-state index in [2.05, 4.69) is 48.1 Å². The van der Waals surface area contributed by atoms with Crippen LogP contribution in [0, 0.1) is 34.5 Å². The van der Waals surface area contributed by atoms with Crippen LogP contribution in [0.1, 0.15) is 109 Å². The number of hydrogen-bond donors (Lipinski definition) is 5. The minimum absolute atomic E-state index is 0.00998. The van der Waals surface area contributed by atoms with Gasteiger partial charge in [-0.1, -0.05) is 89.3 Å². The molecule has 2 heterocycles. The van der Waals surface area contributed by atoms with E-state index in [0.717, 1.165) is 59.3 Å². The first-order valence-electron chi connectivity index (χ1n) is 21.8. The molecular formula is C51H54N3O6S2-. The third-order valence-corrected chi connectivity index (χ3v) is 16.8. The number of fused-ring (bicyclic) bond motifs is 8. The number of nitrogens with two attached hydrogens (primary N) is 2. The molecule has 3 aromatic rings. The summed E-state index contributed by atoms with van der Waals surface area (Å²) in [5, 5.41) is 49.1. The van der Waals surface area contributed by atoms with E-state index in [0.29, 0.717) is 77.9 Å². The normalized spacial score (nSPS) is 29.3. The molecule has 9 rings (SSSR count). The summed E-state index contributed by atoms with van der Waals surface area (Å²) in [6, 6.07) is 14.7. The molecule has 4 aliphatic carbocycles. The number of aliphatic imine (C=N–C) groups is 1. The van der Waals surface area contributed by atoms with E-state index in [1.807, 2.05) is 24.3 Å². The number of aliphatic hydroxyl groups is 1. The van der Waals surface area contributed by atoms with Crippen molar-refractivity contribution in [3.8, 4) is 29.1 Å². The van der Waals surface area contributed by atoms with Crippen LogP contribution in [0.4, 0.5) is 0 Å². The number of aromatic hydroxyl groups is 2. The Morgan fingerprint density at radius 3 is 2.63 bits per heavy atom. The maximum atomic E-state index is 14.2. The van der Waals surface area contributed by atoms with Gasteiger partial charge in [-0.2, -0.15) is 0 Å². The predicted molar refractivity (Wildman–Crippen MR) is 245 cm³/mol. The van der Waals surface area contributed by atoms with E-state index < -0.39 is 17.7 Å². The van der Waals surface area contributed by atoms with Crippen molar-refractivity contribution >= 4 is 33.1 Å². The summed E-state index contributed by atoms with van der Waals surface area (Å²) < 4.78 is 6.15. The molecule has 0 radical (unpaired) electrons. The van der Waals surface area contributed by atoms with E-state index in [-0.39, 0.29) is 46.9 Å². The second-order valence-electron chi connectivity index (χ2n) is 18.2. The van der Waals surface area contributed by atoms with Gasteiger partial charge in [-0.3, -0.25) is 9.79 Å². The van der Waals surface area contributed by atoms with E-state index >= 15 is 0 Å². The van der Waals surface area contributed by atoms with Gasteiger partial charge in [0.25, 0.3) is 0 Å². The number of hydrogen-bond acceptors (Lipinski definition) is 11. The van der Waals surface area contributed by atoms with Crippen molar-refractivity contribution in [3.63, 3.8) is 0 Å². The van der Waals surface area contributed by atoms with Gasteiger partial charge in [-0.15, -0.1) is 5.76 Å². The van der Waals surface area contributed by atoms with Gasteiger partial charge in [-0.25, -0.2) is 0 Å². The Kier molecular flexibility index (Phi) is 11.8. The zero-order valence-corrected chi connectivity index (χ0v) is 36.7. The predicted octanol–water partition coefficient (Wildman–Crippen LogP) is 7.95. The Balaban J connectivity index is 1.13. The van der Waals surface area contributed by atoms with Crippen LogP contribution in [0.25, 0.3) is 0 Å². The topological polar surface area (TPSA) is 174 Å². The molecule has 6 unspecified atom stereocenters. The average molecular weight is 869 g/mol. The summed E-state index contributed by atoms with van der Waals surface area (Å²) in [6.45, 7) is 2.45. The van der Waals surface area contributed by atoms with Crippen LogP contribution < -0.4 is 21.3 Å². The van der Waals surface area contributed by atoms with Gasteiger partial charge in [0, 0.05) is 53.0 Å². The number of carbonyl (C=O) groups excluding carboxylic acids is 1. The second-order valence-corrected chi connectivity index (χ2v) is 20.6. The van der Waals surface area contributed by atoms with Gasteiger partial charge in [0.15, 0.2) is 17.3 Å². The molecule has 9 nitrogen and oxygen atoms in total. The minimum atomic E-state index is -0.989. The van der Waals surface area contributed by atoms with Crippen molar-refractivity contribution in [2.45, 2.75) is 94.6 Å². The average Bonchev–Trinajstić information content (AvgIpc) is 3.78. The molecule has 0 saturated heterocycles. The number of aryl methyl sites for hydroxylation is 1. The van der Waals surface area contributed by atoms with Crippen LogP contribution in [0.15, 0.2) is 101 Å². The highest BCUT2D eigenvalue weighted by Crippen LogP contribution is 2.71. The lowest BCUT2D eigenvalue weighted by atomic mass is 9.55. The monoisotopic (exact) mass is 868 g/mol. The molecular weight excluding hydrogens is 815 g/mol. The lowest BCUT2D eigenvalue weighted by Crippen LogP contribution is -2.49. The van der Waals surface area contributed by atoms with E-state index in [1.165, 1.54) is 0 Å². The van der Waals surface area contributed by atoms with Gasteiger partial charge in [0.05, 0.1) is 30.5 Å². The number of rotatable bonds is 3. The lowest BCUT2D eigenvalue weighted by Gasteiger charge is -2.51. The van der Waals surface area contributed by atoms with Gasteiger partial charge >= 0.3 is 0 Å². The summed E-state index contributed by atoms with van der Waals surface area (Å²) in [5.41, 5.74) is 18.0. The number of phenolic OH excluding ortho intramolecular Hbond substituents is 2. The number of ketones is 1. The third-order valence-electron chi connectivity index (χ3n) is 14.3. The molecule has 7 N–H and O–H groups in total. The maximum Gasteiger partial charge on any atom is 0.161 e. The van der Waals surface area contributed by atoms with Crippen molar-refractivity contribution in [1.29, 1.82) is 0 Å². The largest absolute Gasteiger partial charge is 0.875 e. The molecule has 3 aromatic carbocycles. The summed E-state index contributed by atoms with van der Waals surface area (Å²) in [6.07, 6.45) is 16.9. The fourth-order valence-electron chi connectivity index (χ4n) is 11.3. The van der Waals surface area contributed by atoms with Crippen LogP contribution in [0.3, 0.4) is 0 Å². The zero-order chi connectivity index (χ0) is 43.2. The van der Waals surface area contributed by atoms with Crippen LogP contribution in [-0.4, -0.2) is 44.8 Å². The summed E-state index contributed by atoms with van der Waals surface area (Å²) in [5.74, 6) is 8.36. The molecule has 11 heteroatoms. The molecule has 1 spiro atoms. The van der Waals surface area contributed by atoms with Gasteiger partial charge < -0.3 is 36.6 Å². The zero-order valence-electron chi connectivity index (χ0n) is 35.1. The minimum Gasteiger partial charge on any atom is -0.875 e. The first-order chi connectivity index (χ1) is 29.9. The van der Waals surface area contributed by atoms with E-state index in [4.69, 9.17) is 16.2 Å². The standard InChI is InChI=1S/C51H55N3O6S2/c1-2-4-42-34-13-18-51(59)29-49(42)17-14-36(55)10-7-31-9-12-45(57)47(22-31)60-20-16-32-8-11-44(56)41(21-32)40-25-46(58)37-15-19-54-43(37)6-3-5-33-23-39(48(52)53)35(24-38(33)40)27-61-62-30-50(51,26-34)28-49/h8-9,11-15,17-19,21-24,34,40,42,48,56-59H,2,4,6-7,10,16,20,25-30,52-53H2,1H3/p-1. The Hall–Kier alpha value is -4.70. The van der Waals surface area contributed by atoms with Crippen molar-refractivity contribution in [1.82, 2.24) is 0 Å². The van der Waals surface area contributed by atoms with Crippen LogP contribution in [-0.2, 0) is 23.4 Å². The number of benzene rings is 3. The Morgan fingerprint density at radius 1 is 0.984 bits per heavy atom. The Labute approximate surface area is 371 Å². The highest BCUT2D eigenvalue weighted by molar-refractivity contribution is 8.76. The lowest BCUT2D eigenvalue weighted by molar-refractivity contribution is -0.307. The SMILES string of the molecule is CCCC1C2C=CC3(O)CC14C=CC(=O)CCc1ccc(O)c(c1)OCCc1ccc(O)c(c1)C1CC([O-])=C5C=CN=C5CC#Cc5cc(C(N)N)c(cc51)CSSCC3(C2)C4. The second kappa shape index (κ2) is 17.1. The molecule has 0 amide bonds. The number of carbonyl (C=O) groups is 1. The summed E-state index contributed by atoms with van der Waals surface area (Å²) in [7, 11) is 3.46. The smallest absolute Gasteiger partial charge is 0.161 e. The number of allylic oxidation sites excluding steroid dienone is 6. The van der Waals surface area contributed by atoms with Crippen molar-refractivity contribution in [3.05, 3.63) is 135 Å². The van der Waals surface area contributed by atoms with E-state index in [1.54, 1.807) is 58.1 Å². The number of nitrogens with zero attached hydrogens (tertiary/aromatic N) is 1. The molecule has 62 heavy (non-hydrogen) atoms. The van der Waals surface area contributed by atoms with Gasteiger partial charge in [0.1, 0.15) is 5.75 Å². The van der Waals surface area contributed by atoms with Crippen LogP contribution in [0.5, 0.6) is 17.2 Å². The Morgan fingerprint density at radius 2 is 1.81 bits per heavy atom. The Bertz CT molecular complexity index is 2520. The summed E-state index contributed by atoms with van der Waals surface area (Å²) >= 11 is 0. The molecule has 2 fully saturated rings. The third kappa shape index (κ3) is 7.94. The number of phenols is 2. The molecule has 0 aromatic heterocycles. The highest BCUT2D eigenvalue weighted by atomic mass is 33.1. The maximum absolute atomic E-state index is 14.2. The van der Waals surface area contributed by atoms with Gasteiger partial charge in [0.2, 0.25) is 0 Å². The van der Waals surface area contributed by atoms with Crippen LogP contribution >= 0.6 is 21.6 Å². The fourth-order valence-corrected chi connectivity index (χ4v) is 14.1. The summed E-state index contributed by atoms with van der Waals surface area (Å²) in [4.78, 5) is 18.0.